The number of rotatable bonds is 5. The van der Waals surface area contributed by atoms with E-state index >= 15 is 0 Å². The Labute approximate surface area is 110 Å². The summed E-state index contributed by atoms with van der Waals surface area (Å²) in [6.07, 6.45) is 4.17. The predicted molar refractivity (Wildman–Crippen MR) is 73.1 cm³/mol. The first-order valence-electron chi connectivity index (χ1n) is 5.11. The van der Waals surface area contributed by atoms with Crippen molar-refractivity contribution in [1.82, 2.24) is 9.88 Å². The van der Waals surface area contributed by atoms with Gasteiger partial charge in [0, 0.05) is 19.5 Å². The Hall–Kier alpha value is -1.20. The van der Waals surface area contributed by atoms with Crippen LogP contribution in [0.15, 0.2) is 16.4 Å². The largest absolute Gasteiger partial charge is 0.369 e. The third-order valence-corrected chi connectivity index (χ3v) is 2.74. The van der Waals surface area contributed by atoms with E-state index in [1.165, 1.54) is 11.3 Å². The van der Waals surface area contributed by atoms with Gasteiger partial charge in [0.2, 0.25) is 5.13 Å². The summed E-state index contributed by atoms with van der Waals surface area (Å²) < 4.78 is 0. The zero-order valence-electron chi connectivity index (χ0n) is 9.98. The fourth-order valence-electron chi connectivity index (χ4n) is 1.10. The van der Waals surface area contributed by atoms with Gasteiger partial charge in [0.15, 0.2) is 0 Å². The minimum absolute atomic E-state index is 0.441. The summed E-state index contributed by atoms with van der Waals surface area (Å²) in [6.45, 7) is 1.94. The van der Waals surface area contributed by atoms with Gasteiger partial charge in [-0.25, -0.2) is 9.98 Å². The molecular formula is C11H14ClN3OS. The molecule has 1 rings (SSSR count). The maximum absolute atomic E-state index is 11.2. The highest BCUT2D eigenvalue weighted by molar-refractivity contribution is 7.13. The van der Waals surface area contributed by atoms with Crippen LogP contribution in [0, 0.1) is 0 Å². The number of carbonyl (C=O) groups is 1. The van der Waals surface area contributed by atoms with Crippen molar-refractivity contribution in [2.45, 2.75) is 13.3 Å². The molecule has 1 aromatic heterocycles. The molecule has 17 heavy (non-hydrogen) atoms. The van der Waals surface area contributed by atoms with Gasteiger partial charge >= 0.3 is 0 Å². The van der Waals surface area contributed by atoms with E-state index in [4.69, 9.17) is 11.6 Å². The summed E-state index contributed by atoms with van der Waals surface area (Å²) in [6, 6.07) is 0. The molecular weight excluding hydrogens is 258 g/mol. The zero-order valence-corrected chi connectivity index (χ0v) is 11.5. The van der Waals surface area contributed by atoms with Crippen molar-refractivity contribution in [2.24, 2.45) is 4.99 Å². The molecule has 0 saturated heterocycles. The van der Waals surface area contributed by atoms with Crippen LogP contribution >= 0.6 is 22.9 Å². The molecule has 1 heterocycles. The topological polar surface area (TPSA) is 45.6 Å². The van der Waals surface area contributed by atoms with E-state index < -0.39 is 5.24 Å². The Kier molecular flexibility index (Phi) is 5.31. The van der Waals surface area contributed by atoms with Crippen LogP contribution in [0.25, 0.3) is 5.57 Å². The lowest BCUT2D eigenvalue weighted by atomic mass is 10.2. The SMILES string of the molecule is CCC=C(C(=O)Cl)c1csc(N=CN(C)C)n1. The van der Waals surface area contributed by atoms with Gasteiger partial charge in [0.05, 0.1) is 17.6 Å². The van der Waals surface area contributed by atoms with Crippen molar-refractivity contribution in [3.05, 3.63) is 17.2 Å². The summed E-state index contributed by atoms with van der Waals surface area (Å²) in [4.78, 5) is 21.4. The molecule has 6 heteroatoms. The van der Waals surface area contributed by atoms with Crippen LogP contribution in [0.3, 0.4) is 0 Å². The second kappa shape index (κ2) is 6.51. The van der Waals surface area contributed by atoms with Crippen molar-refractivity contribution in [3.8, 4) is 0 Å². The summed E-state index contributed by atoms with van der Waals surface area (Å²) in [5, 5.41) is 1.90. The molecule has 0 unspecified atom stereocenters. The molecule has 0 bridgehead atoms. The Morgan fingerprint density at radius 1 is 1.65 bits per heavy atom. The maximum atomic E-state index is 11.2. The maximum Gasteiger partial charge on any atom is 0.254 e. The van der Waals surface area contributed by atoms with E-state index in [1.54, 1.807) is 17.8 Å². The van der Waals surface area contributed by atoms with E-state index in [9.17, 15) is 4.79 Å². The number of nitrogens with zero attached hydrogens (tertiary/aromatic N) is 3. The van der Waals surface area contributed by atoms with Gasteiger partial charge in [0.25, 0.3) is 5.24 Å². The Bertz CT molecular complexity index is 451. The molecule has 0 aliphatic rings. The number of hydrogen-bond acceptors (Lipinski definition) is 4. The normalized spacial score (nSPS) is 12.1. The second-order valence-electron chi connectivity index (χ2n) is 3.52. The molecule has 0 spiro atoms. The highest BCUT2D eigenvalue weighted by Crippen LogP contribution is 2.25. The number of allylic oxidation sites excluding steroid dienone is 2. The monoisotopic (exact) mass is 271 g/mol. The molecule has 0 atom stereocenters. The van der Waals surface area contributed by atoms with E-state index in [-0.39, 0.29) is 0 Å². The average molecular weight is 272 g/mol. The summed E-state index contributed by atoms with van der Waals surface area (Å²) >= 11 is 6.88. The van der Waals surface area contributed by atoms with Crippen LogP contribution in [-0.2, 0) is 4.79 Å². The summed E-state index contributed by atoms with van der Waals surface area (Å²) in [7, 11) is 3.76. The average Bonchev–Trinajstić information content (AvgIpc) is 2.71. The van der Waals surface area contributed by atoms with Crippen LogP contribution in [-0.4, -0.2) is 35.6 Å². The number of halogens is 1. The lowest BCUT2D eigenvalue weighted by molar-refractivity contribution is -0.106. The van der Waals surface area contributed by atoms with Crippen molar-refractivity contribution in [2.75, 3.05) is 14.1 Å². The minimum Gasteiger partial charge on any atom is -0.369 e. The van der Waals surface area contributed by atoms with Crippen molar-refractivity contribution in [3.63, 3.8) is 0 Å². The van der Waals surface area contributed by atoms with Crippen molar-refractivity contribution in [1.29, 1.82) is 0 Å². The van der Waals surface area contributed by atoms with E-state index in [1.807, 2.05) is 25.9 Å². The fourth-order valence-corrected chi connectivity index (χ4v) is 1.93. The van der Waals surface area contributed by atoms with E-state index in [0.29, 0.717) is 16.4 Å². The first-order chi connectivity index (χ1) is 8.04. The molecule has 0 aliphatic carbocycles. The number of aliphatic imine (C=N–C) groups is 1. The van der Waals surface area contributed by atoms with E-state index in [0.717, 1.165) is 6.42 Å². The van der Waals surface area contributed by atoms with Crippen molar-refractivity contribution >= 4 is 45.2 Å². The van der Waals surface area contributed by atoms with E-state index in [2.05, 4.69) is 9.98 Å². The fraction of sp³-hybridized carbons (Fsp3) is 0.364. The summed E-state index contributed by atoms with van der Waals surface area (Å²) in [5.74, 6) is 0. The van der Waals surface area contributed by atoms with Gasteiger partial charge < -0.3 is 4.90 Å². The van der Waals surface area contributed by atoms with Crippen LogP contribution in [0.4, 0.5) is 5.13 Å². The highest BCUT2D eigenvalue weighted by Gasteiger charge is 2.12. The number of aromatic nitrogens is 1. The molecule has 0 N–H and O–H groups in total. The van der Waals surface area contributed by atoms with Gasteiger partial charge in [-0.3, -0.25) is 4.79 Å². The molecule has 92 valence electrons. The molecule has 0 radical (unpaired) electrons. The molecule has 0 amide bonds. The first kappa shape index (κ1) is 13.9. The molecule has 0 fully saturated rings. The lowest BCUT2D eigenvalue weighted by Crippen LogP contribution is -2.06. The van der Waals surface area contributed by atoms with Crippen molar-refractivity contribution < 1.29 is 4.79 Å². The number of carbonyl (C=O) groups excluding carboxylic acids is 1. The minimum atomic E-state index is -0.486. The highest BCUT2D eigenvalue weighted by atomic mass is 35.5. The molecule has 4 nitrogen and oxygen atoms in total. The van der Waals surface area contributed by atoms with Gasteiger partial charge in [-0.05, 0) is 18.0 Å². The smallest absolute Gasteiger partial charge is 0.254 e. The Balaban J connectivity index is 2.93. The van der Waals surface area contributed by atoms with Gasteiger partial charge in [0.1, 0.15) is 0 Å². The van der Waals surface area contributed by atoms with Crippen LogP contribution < -0.4 is 0 Å². The molecule has 0 aliphatic heterocycles. The third-order valence-electron chi connectivity index (χ3n) is 1.79. The molecule has 0 saturated carbocycles. The third kappa shape index (κ3) is 4.28. The number of hydrogen-bond donors (Lipinski definition) is 0. The number of thiazole rings is 1. The first-order valence-corrected chi connectivity index (χ1v) is 6.36. The molecule has 0 aromatic carbocycles. The standard InChI is InChI=1S/C11H14ClN3OS/c1-4-5-8(10(12)16)9-6-17-11(14-9)13-7-15(2)3/h5-7H,4H2,1-3H3. The van der Waals surface area contributed by atoms with Gasteiger partial charge in [-0.1, -0.05) is 13.0 Å². The lowest BCUT2D eigenvalue weighted by Gasteiger charge is -2.00. The Morgan fingerprint density at radius 3 is 2.88 bits per heavy atom. The van der Waals surface area contributed by atoms with Crippen LogP contribution in [0.5, 0.6) is 0 Å². The zero-order chi connectivity index (χ0) is 12.8. The predicted octanol–water partition coefficient (Wildman–Crippen LogP) is 2.92. The van der Waals surface area contributed by atoms with Crippen LogP contribution in [0.2, 0.25) is 0 Å². The second-order valence-corrected chi connectivity index (χ2v) is 4.70. The Morgan fingerprint density at radius 2 is 2.35 bits per heavy atom. The quantitative estimate of drug-likeness (QED) is 0.358. The molecule has 1 aromatic rings. The van der Waals surface area contributed by atoms with Gasteiger partial charge in [-0.2, -0.15) is 0 Å². The van der Waals surface area contributed by atoms with Crippen LogP contribution in [0.1, 0.15) is 19.0 Å². The van der Waals surface area contributed by atoms with Gasteiger partial charge in [-0.15, -0.1) is 11.3 Å². The summed E-state index contributed by atoms with van der Waals surface area (Å²) in [5.41, 5.74) is 1.03.